The van der Waals surface area contributed by atoms with Gasteiger partial charge < -0.3 is 25.2 Å². The van der Waals surface area contributed by atoms with Gasteiger partial charge in [0.2, 0.25) is 6.04 Å². The van der Waals surface area contributed by atoms with Gasteiger partial charge >= 0.3 is 18.2 Å². The standard InChI is InChI=1S/C23H21F3N2O6/c24-23(25,26)19(21(30)31)28-20(29)18-17(9-10-33-18)27-22(32)34-11-16-14-7-3-1-5-12(14)13-6-2-4-8-15(13)16/h1-8,16-19H,9-11H2,(H,27,32)(H,28,29)(H,30,31)/t17-,18+,19?/m1/s1. The maximum Gasteiger partial charge on any atom is 0.419 e. The molecule has 0 spiro atoms. The number of aliphatic carboxylic acids is 1. The van der Waals surface area contributed by atoms with Crippen LogP contribution in [0.4, 0.5) is 18.0 Å². The van der Waals surface area contributed by atoms with Crippen LogP contribution in [0.1, 0.15) is 23.5 Å². The summed E-state index contributed by atoms with van der Waals surface area (Å²) in [4.78, 5) is 35.6. The summed E-state index contributed by atoms with van der Waals surface area (Å²) >= 11 is 0. The van der Waals surface area contributed by atoms with Crippen LogP contribution in [-0.4, -0.2) is 60.7 Å². The van der Waals surface area contributed by atoms with Gasteiger partial charge in [-0.15, -0.1) is 0 Å². The summed E-state index contributed by atoms with van der Waals surface area (Å²) in [6.45, 7) is 0.00955. The third-order valence-electron chi connectivity index (χ3n) is 5.86. The normalized spacial score (nSPS) is 20.2. The van der Waals surface area contributed by atoms with E-state index in [2.05, 4.69) is 5.32 Å². The van der Waals surface area contributed by atoms with Crippen molar-refractivity contribution in [2.24, 2.45) is 0 Å². The van der Waals surface area contributed by atoms with Crippen LogP contribution >= 0.6 is 0 Å². The molecule has 0 radical (unpaired) electrons. The second kappa shape index (κ2) is 9.34. The molecule has 2 aromatic carbocycles. The molecule has 3 N–H and O–H groups in total. The van der Waals surface area contributed by atoms with Gasteiger partial charge in [-0.25, -0.2) is 9.59 Å². The number of carbonyl (C=O) groups excluding carboxylic acids is 2. The Hall–Kier alpha value is -3.60. The number of hydrogen-bond donors (Lipinski definition) is 3. The molecule has 8 nitrogen and oxygen atoms in total. The van der Waals surface area contributed by atoms with Crippen molar-refractivity contribution in [1.82, 2.24) is 10.6 Å². The molecular weight excluding hydrogens is 457 g/mol. The molecule has 1 fully saturated rings. The zero-order chi connectivity index (χ0) is 24.5. The van der Waals surface area contributed by atoms with Crippen molar-refractivity contribution in [3.8, 4) is 11.1 Å². The fourth-order valence-electron chi connectivity index (χ4n) is 4.30. The summed E-state index contributed by atoms with van der Waals surface area (Å²) in [7, 11) is 0. The van der Waals surface area contributed by atoms with Gasteiger partial charge in [0.1, 0.15) is 6.61 Å². The molecule has 1 unspecified atom stereocenters. The average molecular weight is 478 g/mol. The molecule has 1 saturated heterocycles. The Morgan fingerprint density at radius 2 is 1.65 bits per heavy atom. The zero-order valence-corrected chi connectivity index (χ0v) is 17.7. The maximum atomic E-state index is 12.9. The Morgan fingerprint density at radius 1 is 1.06 bits per heavy atom. The number of ether oxygens (including phenoxy) is 2. The molecule has 0 bridgehead atoms. The van der Waals surface area contributed by atoms with Crippen molar-refractivity contribution in [3.05, 3.63) is 59.7 Å². The van der Waals surface area contributed by atoms with E-state index in [9.17, 15) is 27.6 Å². The van der Waals surface area contributed by atoms with Crippen molar-refractivity contribution >= 4 is 18.0 Å². The molecule has 0 saturated carbocycles. The first kappa shape index (κ1) is 23.6. The van der Waals surface area contributed by atoms with E-state index in [4.69, 9.17) is 14.6 Å². The molecule has 0 aromatic heterocycles. The van der Waals surface area contributed by atoms with Crippen LogP contribution in [0, 0.1) is 0 Å². The number of carbonyl (C=O) groups is 3. The number of carboxylic acids is 1. The smallest absolute Gasteiger partial charge is 0.419 e. The van der Waals surface area contributed by atoms with Crippen LogP contribution in [-0.2, 0) is 19.1 Å². The molecule has 1 heterocycles. The van der Waals surface area contributed by atoms with Gasteiger partial charge in [-0.05, 0) is 28.7 Å². The molecule has 34 heavy (non-hydrogen) atoms. The highest BCUT2D eigenvalue weighted by atomic mass is 19.4. The maximum absolute atomic E-state index is 12.9. The number of fused-ring (bicyclic) bond motifs is 3. The van der Waals surface area contributed by atoms with Crippen LogP contribution in [0.15, 0.2) is 48.5 Å². The summed E-state index contributed by atoms with van der Waals surface area (Å²) in [5.41, 5.74) is 4.10. The van der Waals surface area contributed by atoms with Crippen molar-refractivity contribution in [3.63, 3.8) is 0 Å². The van der Waals surface area contributed by atoms with Gasteiger partial charge in [0, 0.05) is 12.5 Å². The Kier molecular flexibility index (Phi) is 6.47. The number of hydrogen-bond acceptors (Lipinski definition) is 5. The lowest BCUT2D eigenvalue weighted by atomic mass is 9.98. The lowest BCUT2D eigenvalue weighted by Crippen LogP contribution is -2.56. The monoisotopic (exact) mass is 478 g/mol. The number of amides is 2. The van der Waals surface area contributed by atoms with E-state index in [0.29, 0.717) is 0 Å². The van der Waals surface area contributed by atoms with Gasteiger partial charge in [-0.1, -0.05) is 48.5 Å². The third kappa shape index (κ3) is 4.69. The van der Waals surface area contributed by atoms with Gasteiger partial charge in [-0.3, -0.25) is 4.79 Å². The van der Waals surface area contributed by atoms with Gasteiger partial charge in [0.15, 0.2) is 6.10 Å². The predicted octanol–water partition coefficient (Wildman–Crippen LogP) is 2.81. The van der Waals surface area contributed by atoms with E-state index < -0.39 is 42.3 Å². The summed E-state index contributed by atoms with van der Waals surface area (Å²) in [6, 6.07) is 11.4. The van der Waals surface area contributed by atoms with Crippen molar-refractivity contribution < 1.29 is 42.1 Å². The van der Waals surface area contributed by atoms with Crippen LogP contribution in [0.2, 0.25) is 0 Å². The summed E-state index contributed by atoms with van der Waals surface area (Å²) < 4.78 is 49.1. The first-order valence-electron chi connectivity index (χ1n) is 10.5. The van der Waals surface area contributed by atoms with E-state index in [1.165, 1.54) is 5.32 Å². The molecule has 2 amide bonds. The van der Waals surface area contributed by atoms with E-state index in [-0.39, 0.29) is 25.6 Å². The van der Waals surface area contributed by atoms with Crippen LogP contribution < -0.4 is 10.6 Å². The molecule has 1 aliphatic heterocycles. The summed E-state index contributed by atoms with van der Waals surface area (Å²) in [5, 5.41) is 12.6. The van der Waals surface area contributed by atoms with Gasteiger partial charge in [0.05, 0.1) is 6.04 Å². The average Bonchev–Trinajstić information content (AvgIpc) is 3.37. The largest absolute Gasteiger partial charge is 0.479 e. The molecule has 180 valence electrons. The Bertz CT molecular complexity index is 1060. The molecule has 11 heteroatoms. The van der Waals surface area contributed by atoms with Crippen LogP contribution in [0.5, 0.6) is 0 Å². The number of nitrogens with one attached hydrogen (secondary N) is 2. The Morgan fingerprint density at radius 3 is 2.21 bits per heavy atom. The second-order valence-corrected chi connectivity index (χ2v) is 7.98. The summed E-state index contributed by atoms with van der Waals surface area (Å²) in [5.74, 6) is -3.73. The molecular formula is C23H21F3N2O6. The SMILES string of the molecule is O=C(N[C@@H]1CCO[C@@H]1C(=O)NC(C(=O)O)C(F)(F)F)OCC1c2ccccc2-c2ccccc21. The number of rotatable bonds is 6. The lowest BCUT2D eigenvalue weighted by Gasteiger charge is -2.23. The van der Waals surface area contributed by atoms with E-state index >= 15 is 0 Å². The number of carboxylic acid groups (broad SMARTS) is 1. The zero-order valence-electron chi connectivity index (χ0n) is 17.7. The van der Waals surface area contributed by atoms with Gasteiger partial charge in [-0.2, -0.15) is 13.2 Å². The minimum Gasteiger partial charge on any atom is -0.479 e. The number of halogens is 3. The first-order valence-corrected chi connectivity index (χ1v) is 10.5. The highest BCUT2D eigenvalue weighted by Gasteiger charge is 2.48. The fraction of sp³-hybridized carbons (Fsp3) is 0.348. The Balaban J connectivity index is 1.38. The Labute approximate surface area is 192 Å². The summed E-state index contributed by atoms with van der Waals surface area (Å²) in [6.07, 6.45) is -7.38. The third-order valence-corrected chi connectivity index (χ3v) is 5.86. The minimum atomic E-state index is -5.18. The topological polar surface area (TPSA) is 114 Å². The number of alkyl halides is 3. The van der Waals surface area contributed by atoms with E-state index in [0.717, 1.165) is 22.3 Å². The number of alkyl carbamates (subject to hydrolysis) is 1. The molecule has 4 rings (SSSR count). The van der Waals surface area contributed by atoms with Crippen molar-refractivity contribution in [2.75, 3.05) is 13.2 Å². The van der Waals surface area contributed by atoms with Crippen molar-refractivity contribution in [1.29, 1.82) is 0 Å². The lowest BCUT2D eigenvalue weighted by molar-refractivity contribution is -0.183. The first-order chi connectivity index (χ1) is 16.2. The predicted molar refractivity (Wildman–Crippen MR) is 112 cm³/mol. The molecule has 2 aliphatic rings. The van der Waals surface area contributed by atoms with E-state index in [1.807, 2.05) is 48.5 Å². The fourth-order valence-corrected chi connectivity index (χ4v) is 4.30. The highest BCUT2D eigenvalue weighted by molar-refractivity contribution is 5.88. The molecule has 1 aliphatic carbocycles. The quantitative estimate of drug-likeness (QED) is 0.589. The molecule has 2 aromatic rings. The van der Waals surface area contributed by atoms with Crippen LogP contribution in [0.3, 0.4) is 0 Å². The molecule has 3 atom stereocenters. The van der Waals surface area contributed by atoms with E-state index in [1.54, 1.807) is 0 Å². The number of benzene rings is 2. The minimum absolute atomic E-state index is 0.00380. The van der Waals surface area contributed by atoms with Crippen LogP contribution in [0.25, 0.3) is 11.1 Å². The second-order valence-electron chi connectivity index (χ2n) is 7.98. The van der Waals surface area contributed by atoms with Crippen molar-refractivity contribution in [2.45, 2.75) is 36.7 Å². The van der Waals surface area contributed by atoms with Gasteiger partial charge in [0.25, 0.3) is 5.91 Å². The highest BCUT2D eigenvalue weighted by Crippen LogP contribution is 2.44.